The number of hydrogen-bond acceptors (Lipinski definition) is 5. The average molecular weight is 295 g/mol. The molecule has 1 aromatic carbocycles. The Morgan fingerprint density at radius 2 is 2.10 bits per heavy atom. The molecule has 106 valence electrons. The molecule has 7 heteroatoms. The normalized spacial score (nSPS) is 18.1. The zero-order valence-electron chi connectivity index (χ0n) is 10.6. The molecule has 1 aliphatic carbocycles. The Kier molecular flexibility index (Phi) is 3.02. The molecule has 2 N–H and O–H groups in total. The summed E-state index contributed by atoms with van der Waals surface area (Å²) in [4.78, 5) is 12.1. The van der Waals surface area contributed by atoms with Crippen molar-refractivity contribution in [3.8, 4) is 5.75 Å². The number of rotatable bonds is 2. The van der Waals surface area contributed by atoms with Crippen LogP contribution in [0.15, 0.2) is 23.8 Å². The molecule has 20 heavy (non-hydrogen) atoms. The van der Waals surface area contributed by atoms with E-state index in [1.165, 1.54) is 12.1 Å². The summed E-state index contributed by atoms with van der Waals surface area (Å²) in [5.41, 5.74) is 2.24. The Morgan fingerprint density at radius 3 is 2.85 bits per heavy atom. The van der Waals surface area contributed by atoms with Crippen molar-refractivity contribution in [3.05, 3.63) is 34.9 Å². The van der Waals surface area contributed by atoms with Crippen LogP contribution in [0.1, 0.15) is 24.0 Å². The Labute approximate surface area is 116 Å². The molecule has 0 atom stereocenters. The van der Waals surface area contributed by atoms with E-state index in [9.17, 15) is 13.2 Å². The summed E-state index contributed by atoms with van der Waals surface area (Å²) in [6, 6.07) is 4.71. The average Bonchev–Trinajstić information content (AvgIpc) is 2.37. The second-order valence-corrected chi connectivity index (χ2v) is 5.91. The maximum atomic E-state index is 12.1. The van der Waals surface area contributed by atoms with Gasteiger partial charge in [0.05, 0.1) is 6.61 Å². The van der Waals surface area contributed by atoms with E-state index >= 15 is 0 Å². The standard InChI is InChI=1S/C13H13NO5S/c14-20(16,17)19-9-3-4-10-8(6-9)7-12(15)11-2-1-5-18-13(10)11/h3-4,6H,1-2,5,7H2,(H2,14,16,17). The molecule has 0 saturated heterocycles. The van der Waals surface area contributed by atoms with Crippen molar-refractivity contribution in [2.45, 2.75) is 19.3 Å². The summed E-state index contributed by atoms with van der Waals surface area (Å²) < 4.78 is 32.0. The maximum absolute atomic E-state index is 12.1. The van der Waals surface area contributed by atoms with Gasteiger partial charge < -0.3 is 8.92 Å². The summed E-state index contributed by atoms with van der Waals surface area (Å²) >= 11 is 0. The highest BCUT2D eigenvalue weighted by Gasteiger charge is 2.29. The van der Waals surface area contributed by atoms with Crippen molar-refractivity contribution in [1.29, 1.82) is 0 Å². The Hall–Kier alpha value is -1.86. The van der Waals surface area contributed by atoms with Gasteiger partial charge in [0.15, 0.2) is 5.78 Å². The number of ether oxygens (including phenoxy) is 1. The minimum Gasteiger partial charge on any atom is -0.493 e. The van der Waals surface area contributed by atoms with Gasteiger partial charge in [-0.15, -0.1) is 0 Å². The van der Waals surface area contributed by atoms with E-state index in [4.69, 9.17) is 9.88 Å². The lowest BCUT2D eigenvalue weighted by molar-refractivity contribution is -0.115. The molecular formula is C13H13NO5S. The number of carbonyl (C=O) groups excluding carboxylic acids is 1. The number of hydrogen-bond donors (Lipinski definition) is 1. The van der Waals surface area contributed by atoms with Crippen molar-refractivity contribution in [2.75, 3.05) is 6.61 Å². The fourth-order valence-corrected chi connectivity index (χ4v) is 2.91. The summed E-state index contributed by atoms with van der Waals surface area (Å²) in [6.07, 6.45) is 1.79. The highest BCUT2D eigenvalue weighted by molar-refractivity contribution is 7.84. The third-order valence-corrected chi connectivity index (χ3v) is 3.74. The minimum atomic E-state index is -4.07. The molecule has 3 rings (SSSR count). The van der Waals surface area contributed by atoms with Crippen LogP contribution in [-0.4, -0.2) is 20.8 Å². The number of Topliss-reactive ketones (excluding diaryl/α,β-unsaturated/α-hetero) is 1. The molecule has 0 fully saturated rings. The predicted molar refractivity (Wildman–Crippen MR) is 71.0 cm³/mol. The fraction of sp³-hybridized carbons (Fsp3) is 0.308. The lowest BCUT2D eigenvalue weighted by atomic mass is 9.86. The van der Waals surface area contributed by atoms with Crippen LogP contribution in [0.2, 0.25) is 0 Å². The Balaban J connectivity index is 2.04. The maximum Gasteiger partial charge on any atom is 0.380 e. The summed E-state index contributed by atoms with van der Waals surface area (Å²) in [5, 5.41) is 4.83. The first-order chi connectivity index (χ1) is 9.44. The van der Waals surface area contributed by atoms with Crippen molar-refractivity contribution in [1.82, 2.24) is 0 Å². The Morgan fingerprint density at radius 1 is 1.30 bits per heavy atom. The first-order valence-corrected chi connectivity index (χ1v) is 7.66. The lowest BCUT2D eigenvalue weighted by Gasteiger charge is -2.26. The number of nitrogens with two attached hydrogens (primary N) is 1. The molecule has 1 heterocycles. The van der Waals surface area contributed by atoms with Crippen LogP contribution in [0.25, 0.3) is 5.76 Å². The third kappa shape index (κ3) is 2.41. The van der Waals surface area contributed by atoms with Crippen LogP contribution in [0, 0.1) is 0 Å². The van der Waals surface area contributed by atoms with E-state index in [1.54, 1.807) is 6.07 Å². The number of carbonyl (C=O) groups is 1. The molecule has 0 saturated carbocycles. The van der Waals surface area contributed by atoms with Crippen LogP contribution < -0.4 is 9.32 Å². The second-order valence-electron chi connectivity index (χ2n) is 4.75. The van der Waals surface area contributed by atoms with Crippen LogP contribution in [0.4, 0.5) is 0 Å². The van der Waals surface area contributed by atoms with E-state index in [-0.39, 0.29) is 18.0 Å². The van der Waals surface area contributed by atoms with Gasteiger partial charge in [0, 0.05) is 17.6 Å². The monoisotopic (exact) mass is 295 g/mol. The molecular weight excluding hydrogens is 282 g/mol. The van der Waals surface area contributed by atoms with Crippen molar-refractivity contribution < 1.29 is 22.1 Å². The van der Waals surface area contributed by atoms with Crippen LogP contribution >= 0.6 is 0 Å². The van der Waals surface area contributed by atoms with Crippen LogP contribution in [0.3, 0.4) is 0 Å². The van der Waals surface area contributed by atoms with Crippen LogP contribution in [0.5, 0.6) is 5.75 Å². The lowest BCUT2D eigenvalue weighted by Crippen LogP contribution is -2.22. The zero-order valence-corrected chi connectivity index (χ0v) is 11.4. The number of fused-ring (bicyclic) bond motifs is 2. The van der Waals surface area contributed by atoms with Crippen molar-refractivity contribution in [3.63, 3.8) is 0 Å². The molecule has 0 radical (unpaired) electrons. The smallest absolute Gasteiger partial charge is 0.380 e. The first-order valence-electron chi connectivity index (χ1n) is 6.19. The highest BCUT2D eigenvalue weighted by atomic mass is 32.2. The molecule has 1 aliphatic heterocycles. The topological polar surface area (TPSA) is 95.7 Å². The predicted octanol–water partition coefficient (Wildman–Crippen LogP) is 0.916. The number of benzene rings is 1. The van der Waals surface area contributed by atoms with E-state index in [2.05, 4.69) is 4.18 Å². The van der Waals surface area contributed by atoms with Gasteiger partial charge in [-0.2, -0.15) is 13.6 Å². The fourth-order valence-electron chi connectivity index (χ4n) is 2.53. The van der Waals surface area contributed by atoms with E-state index in [0.717, 1.165) is 24.0 Å². The largest absolute Gasteiger partial charge is 0.493 e. The summed E-state index contributed by atoms with van der Waals surface area (Å²) in [5.74, 6) is 0.725. The van der Waals surface area contributed by atoms with Crippen molar-refractivity contribution in [2.24, 2.45) is 5.14 Å². The first kappa shape index (κ1) is 13.1. The van der Waals surface area contributed by atoms with Gasteiger partial charge in [0.1, 0.15) is 11.5 Å². The molecule has 0 amide bonds. The van der Waals surface area contributed by atoms with Crippen molar-refractivity contribution >= 4 is 21.8 Å². The summed E-state index contributed by atoms with van der Waals surface area (Å²) in [7, 11) is -4.07. The van der Waals surface area contributed by atoms with E-state index < -0.39 is 10.3 Å². The molecule has 0 bridgehead atoms. The highest BCUT2D eigenvalue weighted by Crippen LogP contribution is 2.36. The third-order valence-electron chi connectivity index (χ3n) is 3.31. The minimum absolute atomic E-state index is 0.0138. The van der Waals surface area contributed by atoms with Gasteiger partial charge in [-0.25, -0.2) is 0 Å². The molecule has 0 aromatic heterocycles. The molecule has 0 unspecified atom stereocenters. The Bertz CT molecular complexity index is 720. The molecule has 0 spiro atoms. The van der Waals surface area contributed by atoms with Gasteiger partial charge in [0.2, 0.25) is 0 Å². The van der Waals surface area contributed by atoms with Gasteiger partial charge in [-0.1, -0.05) is 0 Å². The molecule has 2 aliphatic rings. The van der Waals surface area contributed by atoms with E-state index in [0.29, 0.717) is 17.9 Å². The van der Waals surface area contributed by atoms with E-state index in [1.807, 2.05) is 0 Å². The van der Waals surface area contributed by atoms with Crippen LogP contribution in [-0.2, 0) is 26.3 Å². The number of ketones is 1. The molecule has 1 aromatic rings. The SMILES string of the molecule is NS(=O)(=O)Oc1ccc2c(c1)CC(=O)C1=C2OCCC1. The van der Waals surface area contributed by atoms with Gasteiger partial charge in [-0.05, 0) is 36.6 Å². The van der Waals surface area contributed by atoms with Gasteiger partial charge >= 0.3 is 10.3 Å². The summed E-state index contributed by atoms with van der Waals surface area (Å²) in [6.45, 7) is 0.584. The second kappa shape index (κ2) is 4.60. The van der Waals surface area contributed by atoms with Gasteiger partial charge in [-0.3, -0.25) is 4.79 Å². The zero-order chi connectivity index (χ0) is 14.3. The molecule has 6 nitrogen and oxygen atoms in total. The number of allylic oxidation sites excluding steroid dienone is 1. The van der Waals surface area contributed by atoms with Gasteiger partial charge in [0.25, 0.3) is 0 Å². The quantitative estimate of drug-likeness (QED) is 0.875.